The van der Waals surface area contributed by atoms with E-state index in [9.17, 15) is 9.59 Å². The van der Waals surface area contributed by atoms with E-state index in [0.29, 0.717) is 5.75 Å². The van der Waals surface area contributed by atoms with Crippen LogP contribution in [0.25, 0.3) is 0 Å². The molecular weight excluding hydrogens is 234 g/mol. The minimum absolute atomic E-state index is 0.0874. The Morgan fingerprint density at radius 1 is 1.28 bits per heavy atom. The Balaban J connectivity index is 2.73. The first-order chi connectivity index (χ1) is 8.45. The maximum absolute atomic E-state index is 11.7. The molecule has 1 atom stereocenters. The fraction of sp³-hybridized carbons (Fsp3) is 0.385. The second kappa shape index (κ2) is 6.16. The van der Waals surface area contributed by atoms with Gasteiger partial charge in [-0.3, -0.25) is 0 Å². The lowest BCUT2D eigenvalue weighted by atomic mass is 10.1. The fourth-order valence-electron chi connectivity index (χ4n) is 1.24. The fourth-order valence-corrected chi connectivity index (χ4v) is 1.24. The monoisotopic (exact) mass is 251 g/mol. The number of hydrogen-bond acceptors (Lipinski definition) is 5. The van der Waals surface area contributed by atoms with Crippen molar-refractivity contribution in [3.63, 3.8) is 0 Å². The highest BCUT2D eigenvalue weighted by Gasteiger charge is 2.22. The first-order valence-corrected chi connectivity index (χ1v) is 5.61. The Kier molecular flexibility index (Phi) is 4.85. The summed E-state index contributed by atoms with van der Waals surface area (Å²) in [5, 5.41) is 0. The molecule has 18 heavy (non-hydrogen) atoms. The number of carbonyl (C=O) groups excluding carboxylic acids is 2. The summed E-state index contributed by atoms with van der Waals surface area (Å²) in [5.41, 5.74) is 5.84. The van der Waals surface area contributed by atoms with Gasteiger partial charge in [0, 0.05) is 0 Å². The number of rotatable bonds is 4. The number of ether oxygens (including phenoxy) is 2. The molecule has 0 spiro atoms. The first-order valence-electron chi connectivity index (χ1n) is 5.61. The van der Waals surface area contributed by atoms with E-state index < -0.39 is 18.0 Å². The Morgan fingerprint density at radius 2 is 1.94 bits per heavy atom. The van der Waals surface area contributed by atoms with Gasteiger partial charge in [0.1, 0.15) is 11.8 Å². The number of methoxy groups -OCH3 is 1. The van der Waals surface area contributed by atoms with Gasteiger partial charge in [0.25, 0.3) is 0 Å². The summed E-state index contributed by atoms with van der Waals surface area (Å²) < 4.78 is 9.68. The predicted octanol–water partition coefficient (Wildman–Crippen LogP) is 1.36. The molecule has 1 rings (SSSR count). The first kappa shape index (κ1) is 14.2. The topological polar surface area (TPSA) is 78.6 Å². The molecule has 0 amide bonds. The standard InChI is InChI=1S/C13H17NO4/c1-8(2)11(14)13(16)18-12(15)9-5-4-6-10(7-9)17-3/h4-8,11H,14H2,1-3H3/t11-/m0/s1. The van der Waals surface area contributed by atoms with E-state index >= 15 is 0 Å². The zero-order chi connectivity index (χ0) is 13.7. The van der Waals surface area contributed by atoms with Crippen LogP contribution in [-0.4, -0.2) is 25.1 Å². The molecule has 0 heterocycles. The van der Waals surface area contributed by atoms with Crippen molar-refractivity contribution in [1.82, 2.24) is 0 Å². The average Bonchev–Trinajstić information content (AvgIpc) is 2.37. The molecule has 5 heteroatoms. The van der Waals surface area contributed by atoms with E-state index in [2.05, 4.69) is 0 Å². The minimum Gasteiger partial charge on any atom is -0.497 e. The summed E-state index contributed by atoms with van der Waals surface area (Å²) in [7, 11) is 1.49. The van der Waals surface area contributed by atoms with Crippen molar-refractivity contribution in [2.75, 3.05) is 7.11 Å². The Bertz CT molecular complexity index is 442. The minimum atomic E-state index is -0.806. The van der Waals surface area contributed by atoms with Gasteiger partial charge in [-0.25, -0.2) is 9.59 Å². The molecule has 5 nitrogen and oxygen atoms in total. The molecule has 0 radical (unpaired) electrons. The average molecular weight is 251 g/mol. The summed E-state index contributed by atoms with van der Waals surface area (Å²) in [6, 6.07) is 5.57. The maximum atomic E-state index is 11.7. The zero-order valence-electron chi connectivity index (χ0n) is 10.7. The van der Waals surface area contributed by atoms with Crippen LogP contribution in [0.5, 0.6) is 5.75 Å². The highest BCUT2D eigenvalue weighted by Crippen LogP contribution is 2.14. The van der Waals surface area contributed by atoms with Crippen LogP contribution in [0.3, 0.4) is 0 Å². The molecule has 0 unspecified atom stereocenters. The second-order valence-corrected chi connectivity index (χ2v) is 4.21. The molecule has 0 aliphatic rings. The number of benzene rings is 1. The van der Waals surface area contributed by atoms with E-state index in [4.69, 9.17) is 15.2 Å². The third-order valence-corrected chi connectivity index (χ3v) is 2.49. The van der Waals surface area contributed by atoms with E-state index in [1.807, 2.05) is 0 Å². The number of esters is 2. The van der Waals surface area contributed by atoms with Crippen molar-refractivity contribution in [2.45, 2.75) is 19.9 Å². The van der Waals surface area contributed by atoms with Crippen molar-refractivity contribution in [3.05, 3.63) is 29.8 Å². The molecule has 0 fully saturated rings. The SMILES string of the molecule is COc1cccc(C(=O)OC(=O)[C@@H](N)C(C)C)c1. The molecule has 0 aromatic heterocycles. The lowest BCUT2D eigenvalue weighted by Gasteiger charge is -2.13. The molecule has 0 aliphatic heterocycles. The normalized spacial score (nSPS) is 12.1. The third kappa shape index (κ3) is 3.56. The van der Waals surface area contributed by atoms with Gasteiger partial charge in [0.2, 0.25) is 0 Å². The lowest BCUT2D eigenvalue weighted by Crippen LogP contribution is -2.38. The van der Waals surface area contributed by atoms with Gasteiger partial charge in [-0.2, -0.15) is 0 Å². The van der Waals surface area contributed by atoms with E-state index in [1.165, 1.54) is 13.2 Å². The van der Waals surface area contributed by atoms with E-state index in [1.54, 1.807) is 32.0 Å². The van der Waals surface area contributed by atoms with Gasteiger partial charge in [0.15, 0.2) is 0 Å². The summed E-state index contributed by atoms with van der Waals surface area (Å²) >= 11 is 0. The molecule has 0 saturated heterocycles. The van der Waals surface area contributed by atoms with E-state index in [-0.39, 0.29) is 11.5 Å². The number of carbonyl (C=O) groups is 2. The van der Waals surface area contributed by atoms with Gasteiger partial charge in [0.05, 0.1) is 12.7 Å². The van der Waals surface area contributed by atoms with Crippen LogP contribution in [-0.2, 0) is 9.53 Å². The van der Waals surface area contributed by atoms with Gasteiger partial charge >= 0.3 is 11.9 Å². The van der Waals surface area contributed by atoms with Crippen molar-refractivity contribution in [3.8, 4) is 5.75 Å². The van der Waals surface area contributed by atoms with Crippen molar-refractivity contribution < 1.29 is 19.1 Å². The quantitative estimate of drug-likeness (QED) is 0.645. The summed E-state index contributed by atoms with van der Waals surface area (Å²) in [6.07, 6.45) is 0. The molecule has 0 saturated carbocycles. The van der Waals surface area contributed by atoms with Crippen LogP contribution in [0.1, 0.15) is 24.2 Å². The predicted molar refractivity (Wildman–Crippen MR) is 66.2 cm³/mol. The summed E-state index contributed by atoms with van der Waals surface area (Å²) in [6.45, 7) is 3.56. The van der Waals surface area contributed by atoms with Crippen molar-refractivity contribution in [2.24, 2.45) is 11.7 Å². The van der Waals surface area contributed by atoms with Crippen LogP contribution in [0.2, 0.25) is 0 Å². The Labute approximate surface area is 106 Å². The van der Waals surface area contributed by atoms with Crippen LogP contribution < -0.4 is 10.5 Å². The molecule has 0 aliphatic carbocycles. The summed E-state index contributed by atoms with van der Waals surface area (Å²) in [4.78, 5) is 23.2. The van der Waals surface area contributed by atoms with Crippen LogP contribution in [0, 0.1) is 5.92 Å². The van der Waals surface area contributed by atoms with Gasteiger partial charge in [-0.15, -0.1) is 0 Å². The third-order valence-electron chi connectivity index (χ3n) is 2.49. The maximum Gasteiger partial charge on any atom is 0.345 e. The number of nitrogens with two attached hydrogens (primary N) is 1. The smallest absolute Gasteiger partial charge is 0.345 e. The highest BCUT2D eigenvalue weighted by atomic mass is 16.6. The molecule has 98 valence electrons. The Hall–Kier alpha value is -1.88. The van der Waals surface area contributed by atoms with Crippen LogP contribution >= 0.6 is 0 Å². The summed E-state index contributed by atoms with van der Waals surface area (Å²) in [5.74, 6) is -1.02. The van der Waals surface area contributed by atoms with Crippen molar-refractivity contribution >= 4 is 11.9 Å². The van der Waals surface area contributed by atoms with Gasteiger partial charge < -0.3 is 15.2 Å². The molecule has 1 aromatic rings. The molecule has 0 bridgehead atoms. The largest absolute Gasteiger partial charge is 0.497 e. The van der Waals surface area contributed by atoms with E-state index in [0.717, 1.165) is 0 Å². The van der Waals surface area contributed by atoms with Gasteiger partial charge in [-0.1, -0.05) is 19.9 Å². The van der Waals surface area contributed by atoms with Gasteiger partial charge in [-0.05, 0) is 24.1 Å². The zero-order valence-corrected chi connectivity index (χ0v) is 10.7. The lowest BCUT2D eigenvalue weighted by molar-refractivity contribution is -0.140. The number of hydrogen-bond donors (Lipinski definition) is 1. The van der Waals surface area contributed by atoms with Crippen LogP contribution in [0.4, 0.5) is 0 Å². The highest BCUT2D eigenvalue weighted by molar-refractivity contribution is 5.98. The molecule has 1 aromatic carbocycles. The molecule has 2 N–H and O–H groups in total. The Morgan fingerprint density at radius 3 is 2.50 bits per heavy atom. The van der Waals surface area contributed by atoms with Crippen LogP contribution in [0.15, 0.2) is 24.3 Å². The second-order valence-electron chi connectivity index (χ2n) is 4.21. The van der Waals surface area contributed by atoms with Crippen molar-refractivity contribution in [1.29, 1.82) is 0 Å². The molecular formula is C13H17NO4.